The van der Waals surface area contributed by atoms with Gasteiger partial charge >= 0.3 is 0 Å². The summed E-state index contributed by atoms with van der Waals surface area (Å²) in [5.74, 6) is -0.243. The highest BCUT2D eigenvalue weighted by Crippen LogP contribution is 2.23. The number of nitrogens with one attached hydrogen (secondary N) is 1. The average Bonchev–Trinajstić information content (AvgIpc) is 2.62. The number of pyridine rings is 2. The number of rotatable bonds is 5. The van der Waals surface area contributed by atoms with Gasteiger partial charge in [-0.2, -0.15) is 0 Å². The molecule has 0 atom stereocenters. The lowest BCUT2D eigenvalue weighted by Gasteiger charge is -2.05. The Bertz CT molecular complexity index is 783. The summed E-state index contributed by atoms with van der Waals surface area (Å²) in [6, 6.07) is 10.9. The van der Waals surface area contributed by atoms with Gasteiger partial charge in [0.05, 0.1) is 12.2 Å². The summed E-state index contributed by atoms with van der Waals surface area (Å²) in [5.41, 5.74) is 1.14. The number of hydrogen-bond acceptors (Lipinski definition) is 6. The van der Waals surface area contributed by atoms with Crippen LogP contribution in [0.1, 0.15) is 16.2 Å². The van der Waals surface area contributed by atoms with Crippen molar-refractivity contribution in [3.8, 4) is 0 Å². The number of amides is 1. The van der Waals surface area contributed by atoms with Gasteiger partial charge in [0.2, 0.25) is 0 Å². The topological polar surface area (TPSA) is 80.7 Å². The predicted octanol–water partition coefficient (Wildman–Crippen LogP) is 2.35. The van der Waals surface area contributed by atoms with Crippen molar-refractivity contribution in [2.24, 2.45) is 0 Å². The first kappa shape index (κ1) is 15.1. The van der Waals surface area contributed by atoms with Crippen LogP contribution in [0.25, 0.3) is 0 Å². The van der Waals surface area contributed by atoms with Gasteiger partial charge in [-0.3, -0.25) is 14.8 Å². The van der Waals surface area contributed by atoms with Gasteiger partial charge in [-0.25, -0.2) is 9.97 Å². The van der Waals surface area contributed by atoms with Crippen molar-refractivity contribution in [2.45, 2.75) is 16.6 Å². The third-order valence-corrected chi connectivity index (χ3v) is 3.75. The zero-order valence-electron chi connectivity index (χ0n) is 12.1. The van der Waals surface area contributed by atoms with Crippen LogP contribution in [0, 0.1) is 0 Å². The van der Waals surface area contributed by atoms with Crippen LogP contribution in [0.2, 0.25) is 0 Å². The summed E-state index contributed by atoms with van der Waals surface area (Å²) in [6.07, 6.45) is 6.64. The van der Waals surface area contributed by atoms with E-state index in [0.29, 0.717) is 17.4 Å². The minimum Gasteiger partial charge on any atom is -0.345 e. The van der Waals surface area contributed by atoms with Gasteiger partial charge in [0.25, 0.3) is 5.91 Å². The average molecular weight is 323 g/mol. The first-order valence-electron chi connectivity index (χ1n) is 6.90. The van der Waals surface area contributed by atoms with Gasteiger partial charge in [-0.05, 0) is 42.1 Å². The number of carbonyl (C=O) groups is 1. The molecular weight excluding hydrogens is 310 g/mol. The van der Waals surface area contributed by atoms with Gasteiger partial charge in [0.15, 0.2) is 5.16 Å². The van der Waals surface area contributed by atoms with Crippen molar-refractivity contribution in [3.63, 3.8) is 0 Å². The zero-order valence-corrected chi connectivity index (χ0v) is 12.9. The first-order valence-corrected chi connectivity index (χ1v) is 7.72. The molecule has 23 heavy (non-hydrogen) atoms. The Hall–Kier alpha value is -2.80. The lowest BCUT2D eigenvalue weighted by molar-refractivity contribution is 0.0945. The molecule has 3 heterocycles. The lowest BCUT2D eigenvalue weighted by Crippen LogP contribution is -2.24. The van der Waals surface area contributed by atoms with Crippen molar-refractivity contribution in [3.05, 3.63) is 72.6 Å². The van der Waals surface area contributed by atoms with E-state index in [1.807, 2.05) is 24.3 Å². The Kier molecular flexibility index (Phi) is 4.90. The second-order valence-corrected chi connectivity index (χ2v) is 5.55. The van der Waals surface area contributed by atoms with E-state index >= 15 is 0 Å². The van der Waals surface area contributed by atoms with E-state index in [1.165, 1.54) is 11.8 Å². The fourth-order valence-electron chi connectivity index (χ4n) is 1.81. The third-order valence-electron chi connectivity index (χ3n) is 2.87. The molecule has 3 rings (SSSR count). The van der Waals surface area contributed by atoms with Gasteiger partial charge in [-0.1, -0.05) is 6.07 Å². The largest absolute Gasteiger partial charge is 0.345 e. The molecule has 6 nitrogen and oxygen atoms in total. The quantitative estimate of drug-likeness (QED) is 0.726. The minimum atomic E-state index is -0.243. The monoisotopic (exact) mass is 323 g/mol. The Morgan fingerprint density at radius 3 is 2.57 bits per heavy atom. The second kappa shape index (κ2) is 7.46. The van der Waals surface area contributed by atoms with Gasteiger partial charge < -0.3 is 5.32 Å². The maximum Gasteiger partial charge on any atom is 0.270 e. The Morgan fingerprint density at radius 1 is 0.957 bits per heavy atom. The van der Waals surface area contributed by atoms with Gasteiger partial charge in [0.1, 0.15) is 5.69 Å². The lowest BCUT2D eigenvalue weighted by atomic mass is 10.3. The predicted molar refractivity (Wildman–Crippen MR) is 85.8 cm³/mol. The van der Waals surface area contributed by atoms with E-state index in [4.69, 9.17) is 0 Å². The molecule has 3 aromatic heterocycles. The van der Waals surface area contributed by atoms with Crippen LogP contribution >= 0.6 is 11.8 Å². The number of nitrogens with zero attached hydrogens (tertiary/aromatic N) is 4. The molecule has 0 aliphatic carbocycles. The van der Waals surface area contributed by atoms with Gasteiger partial charge in [0, 0.05) is 29.7 Å². The van der Waals surface area contributed by atoms with Crippen LogP contribution in [0.3, 0.4) is 0 Å². The molecule has 0 aromatic carbocycles. The van der Waals surface area contributed by atoms with E-state index in [0.717, 1.165) is 10.6 Å². The summed E-state index contributed by atoms with van der Waals surface area (Å²) >= 11 is 1.38. The van der Waals surface area contributed by atoms with Crippen LogP contribution in [-0.4, -0.2) is 25.8 Å². The van der Waals surface area contributed by atoms with E-state index in [2.05, 4.69) is 25.3 Å². The van der Waals surface area contributed by atoms with Crippen LogP contribution in [0.5, 0.6) is 0 Å². The Morgan fingerprint density at radius 2 is 1.78 bits per heavy atom. The summed E-state index contributed by atoms with van der Waals surface area (Å²) in [6.45, 7) is 0.362. The normalized spacial score (nSPS) is 10.3. The summed E-state index contributed by atoms with van der Waals surface area (Å²) in [4.78, 5) is 29.6. The fourth-order valence-corrected chi connectivity index (χ4v) is 2.54. The van der Waals surface area contributed by atoms with Gasteiger partial charge in [-0.15, -0.1) is 0 Å². The highest BCUT2D eigenvalue weighted by Gasteiger charge is 2.09. The van der Waals surface area contributed by atoms with Crippen LogP contribution in [0.15, 0.2) is 71.2 Å². The molecule has 0 fully saturated rings. The summed E-state index contributed by atoms with van der Waals surface area (Å²) < 4.78 is 0. The van der Waals surface area contributed by atoms with Crippen molar-refractivity contribution in [2.75, 3.05) is 0 Å². The molecule has 0 bridgehead atoms. The SMILES string of the molecule is O=C(NCc1ccccn1)c1cc(Sc2ncccn2)ccn1. The highest BCUT2D eigenvalue weighted by atomic mass is 32.2. The second-order valence-electron chi connectivity index (χ2n) is 4.51. The number of hydrogen-bond donors (Lipinski definition) is 1. The molecule has 114 valence electrons. The fraction of sp³-hybridized carbons (Fsp3) is 0.0625. The molecule has 0 saturated carbocycles. The van der Waals surface area contributed by atoms with Crippen molar-refractivity contribution >= 4 is 17.7 Å². The van der Waals surface area contributed by atoms with E-state index in [1.54, 1.807) is 36.9 Å². The molecule has 7 heteroatoms. The maximum absolute atomic E-state index is 12.2. The minimum absolute atomic E-state index is 0.243. The molecule has 0 aliphatic rings. The summed E-state index contributed by atoms with van der Waals surface area (Å²) in [5, 5.41) is 3.43. The smallest absolute Gasteiger partial charge is 0.270 e. The highest BCUT2D eigenvalue weighted by molar-refractivity contribution is 7.99. The molecule has 1 N–H and O–H groups in total. The van der Waals surface area contributed by atoms with Crippen LogP contribution in [-0.2, 0) is 6.54 Å². The van der Waals surface area contributed by atoms with E-state index in [-0.39, 0.29) is 5.91 Å². The van der Waals surface area contributed by atoms with Crippen LogP contribution < -0.4 is 5.32 Å². The number of aromatic nitrogens is 4. The maximum atomic E-state index is 12.2. The molecule has 3 aromatic rings. The first-order chi connectivity index (χ1) is 11.3. The van der Waals surface area contributed by atoms with Crippen molar-refractivity contribution in [1.29, 1.82) is 0 Å². The third kappa shape index (κ3) is 4.33. The molecule has 0 spiro atoms. The molecule has 0 unspecified atom stereocenters. The van der Waals surface area contributed by atoms with Crippen molar-refractivity contribution in [1.82, 2.24) is 25.3 Å². The van der Waals surface area contributed by atoms with E-state index < -0.39 is 0 Å². The standard InChI is InChI=1S/C16H13N5OS/c22-15(21-11-12-4-1-2-6-17-12)14-10-13(5-9-18-14)23-16-19-7-3-8-20-16/h1-10H,11H2,(H,21,22). The Balaban J connectivity index is 1.65. The zero-order chi connectivity index (χ0) is 15.9. The van der Waals surface area contributed by atoms with Crippen molar-refractivity contribution < 1.29 is 4.79 Å². The molecule has 0 aliphatic heterocycles. The molecule has 0 saturated heterocycles. The molecular formula is C16H13N5OS. The summed E-state index contributed by atoms with van der Waals surface area (Å²) in [7, 11) is 0. The van der Waals surface area contributed by atoms with E-state index in [9.17, 15) is 4.79 Å². The number of carbonyl (C=O) groups excluding carboxylic acids is 1. The Labute approximate surface area is 137 Å². The molecule has 1 amide bonds. The van der Waals surface area contributed by atoms with Crippen LogP contribution in [0.4, 0.5) is 0 Å². The molecule has 0 radical (unpaired) electrons.